The topological polar surface area (TPSA) is 32.8 Å². The number of amides is 1. The summed E-state index contributed by atoms with van der Waals surface area (Å²) in [5, 5.41) is 0. The van der Waals surface area contributed by atoms with Crippen LogP contribution in [-0.4, -0.2) is 48.5 Å². The van der Waals surface area contributed by atoms with Gasteiger partial charge in [0.15, 0.2) is 0 Å². The van der Waals surface area contributed by atoms with Crippen LogP contribution in [0, 0.1) is 11.7 Å². The zero-order valence-electron chi connectivity index (χ0n) is 14.7. The van der Waals surface area contributed by atoms with Gasteiger partial charge in [-0.05, 0) is 50.4 Å². The van der Waals surface area contributed by atoms with Gasteiger partial charge in [-0.1, -0.05) is 6.08 Å². The van der Waals surface area contributed by atoms with Crippen molar-refractivity contribution in [3.8, 4) is 5.75 Å². The van der Waals surface area contributed by atoms with Crippen molar-refractivity contribution in [1.29, 1.82) is 0 Å². The van der Waals surface area contributed by atoms with E-state index in [-0.39, 0.29) is 17.8 Å². The van der Waals surface area contributed by atoms with E-state index in [1.807, 2.05) is 4.90 Å². The van der Waals surface area contributed by atoms with Gasteiger partial charge in [0.1, 0.15) is 11.6 Å². The normalized spacial score (nSPS) is 25.3. The number of nitrogens with zero attached hydrogens (tertiary/aromatic N) is 2. The van der Waals surface area contributed by atoms with Crippen molar-refractivity contribution >= 4 is 5.91 Å². The molecule has 1 aliphatic carbocycles. The maximum atomic E-state index is 14.2. The van der Waals surface area contributed by atoms with E-state index in [1.54, 1.807) is 19.2 Å². The molecular formula is C20H25FN2O2. The Morgan fingerprint density at radius 2 is 2.20 bits per heavy atom. The van der Waals surface area contributed by atoms with Gasteiger partial charge in [-0.25, -0.2) is 4.39 Å². The van der Waals surface area contributed by atoms with Crippen LogP contribution in [0.3, 0.4) is 0 Å². The minimum absolute atomic E-state index is 0.108. The van der Waals surface area contributed by atoms with E-state index in [1.165, 1.54) is 6.07 Å². The summed E-state index contributed by atoms with van der Waals surface area (Å²) in [6, 6.07) is 4.99. The molecule has 0 radical (unpaired) electrons. The number of halogens is 1. The molecule has 4 nitrogen and oxygen atoms in total. The molecule has 1 saturated carbocycles. The van der Waals surface area contributed by atoms with Crippen LogP contribution >= 0.6 is 0 Å². The minimum atomic E-state index is -0.277. The molecule has 2 bridgehead atoms. The molecule has 4 rings (SSSR count). The third kappa shape index (κ3) is 3.43. The molecule has 3 aliphatic rings. The van der Waals surface area contributed by atoms with Crippen LogP contribution in [0.15, 0.2) is 29.8 Å². The number of carbonyl (C=O) groups is 1. The molecule has 2 heterocycles. The smallest absolute Gasteiger partial charge is 0.250 e. The highest BCUT2D eigenvalue weighted by Crippen LogP contribution is 2.34. The number of fused-ring (bicyclic) bond motifs is 2. The second kappa shape index (κ2) is 6.79. The number of hydrogen-bond acceptors (Lipinski definition) is 3. The fraction of sp³-hybridized carbons (Fsp3) is 0.550. The number of ether oxygens (including phenoxy) is 1. The van der Waals surface area contributed by atoms with Crippen molar-refractivity contribution in [1.82, 2.24) is 9.80 Å². The predicted molar refractivity (Wildman–Crippen MR) is 93.8 cm³/mol. The van der Waals surface area contributed by atoms with Gasteiger partial charge < -0.3 is 9.64 Å². The Bertz CT molecular complexity index is 699. The lowest BCUT2D eigenvalue weighted by atomic mass is 9.86. The van der Waals surface area contributed by atoms with Crippen molar-refractivity contribution in [2.75, 3.05) is 26.7 Å². The molecular weight excluding hydrogens is 319 g/mol. The number of carbonyl (C=O) groups excluding carboxylic acids is 1. The van der Waals surface area contributed by atoms with Crippen molar-refractivity contribution in [2.24, 2.45) is 5.92 Å². The van der Waals surface area contributed by atoms with Crippen LogP contribution in [0.5, 0.6) is 5.75 Å². The third-order valence-corrected chi connectivity index (χ3v) is 5.60. The molecule has 2 aliphatic heterocycles. The predicted octanol–water partition coefficient (Wildman–Crippen LogP) is 2.98. The van der Waals surface area contributed by atoms with Gasteiger partial charge in [0.2, 0.25) is 5.91 Å². The van der Waals surface area contributed by atoms with Gasteiger partial charge in [-0.2, -0.15) is 0 Å². The largest absolute Gasteiger partial charge is 0.497 e. The van der Waals surface area contributed by atoms with Crippen LogP contribution in [0.1, 0.15) is 31.2 Å². The van der Waals surface area contributed by atoms with E-state index >= 15 is 0 Å². The highest BCUT2D eigenvalue weighted by atomic mass is 19.1. The van der Waals surface area contributed by atoms with Crippen LogP contribution < -0.4 is 4.74 Å². The number of hydrogen-bond donors (Lipinski definition) is 0. The van der Waals surface area contributed by atoms with Crippen molar-refractivity contribution in [3.05, 3.63) is 41.2 Å². The molecule has 2 unspecified atom stereocenters. The Morgan fingerprint density at radius 3 is 2.96 bits per heavy atom. The van der Waals surface area contributed by atoms with E-state index in [4.69, 9.17) is 4.74 Å². The van der Waals surface area contributed by atoms with Gasteiger partial charge in [-0.15, -0.1) is 0 Å². The van der Waals surface area contributed by atoms with E-state index in [9.17, 15) is 9.18 Å². The molecule has 2 fully saturated rings. The first-order valence-electron chi connectivity index (χ1n) is 9.21. The second-order valence-corrected chi connectivity index (χ2v) is 7.38. The standard InChI is InChI=1S/C20H25FN2O2/c1-25-17-6-7-19(21)15(11-17)13-23(16-4-5-16)20(24)18-8-10-22-9-2-3-14(18)12-22/h6-8,11,14,16H,2-5,9-10,12-13H2,1H3. The number of rotatable bonds is 5. The fourth-order valence-corrected chi connectivity index (χ4v) is 4.03. The zero-order valence-corrected chi connectivity index (χ0v) is 14.7. The van der Waals surface area contributed by atoms with Gasteiger partial charge in [-0.3, -0.25) is 9.69 Å². The fourth-order valence-electron chi connectivity index (χ4n) is 4.03. The molecule has 0 N–H and O–H groups in total. The Labute approximate surface area is 148 Å². The molecule has 1 amide bonds. The molecule has 5 heteroatoms. The monoisotopic (exact) mass is 344 g/mol. The van der Waals surface area contributed by atoms with Crippen molar-refractivity contribution in [3.63, 3.8) is 0 Å². The lowest BCUT2D eigenvalue weighted by molar-refractivity contribution is -0.129. The summed E-state index contributed by atoms with van der Waals surface area (Å²) in [5.41, 5.74) is 1.48. The molecule has 0 aromatic heterocycles. The summed E-state index contributed by atoms with van der Waals surface area (Å²) in [7, 11) is 1.57. The summed E-state index contributed by atoms with van der Waals surface area (Å²) in [6.45, 7) is 3.31. The molecule has 1 aromatic carbocycles. The van der Waals surface area contributed by atoms with Crippen LogP contribution in [0.25, 0.3) is 0 Å². The summed E-state index contributed by atoms with van der Waals surface area (Å²) in [5.74, 6) is 0.794. The van der Waals surface area contributed by atoms with Crippen LogP contribution in [0.2, 0.25) is 0 Å². The van der Waals surface area contributed by atoms with Gasteiger partial charge >= 0.3 is 0 Å². The Hall–Kier alpha value is -1.88. The number of benzene rings is 1. The van der Waals surface area contributed by atoms with Crippen LogP contribution in [-0.2, 0) is 11.3 Å². The first-order valence-corrected chi connectivity index (χ1v) is 9.21. The van der Waals surface area contributed by atoms with Crippen molar-refractivity contribution < 1.29 is 13.9 Å². The summed E-state index contributed by atoms with van der Waals surface area (Å²) >= 11 is 0. The van der Waals surface area contributed by atoms with E-state index in [0.717, 1.165) is 50.9 Å². The van der Waals surface area contributed by atoms with E-state index in [2.05, 4.69) is 11.0 Å². The molecule has 2 atom stereocenters. The molecule has 0 spiro atoms. The Kier molecular flexibility index (Phi) is 4.50. The van der Waals surface area contributed by atoms with Gasteiger partial charge in [0.05, 0.1) is 7.11 Å². The molecule has 25 heavy (non-hydrogen) atoms. The summed E-state index contributed by atoms with van der Waals surface area (Å²) in [4.78, 5) is 17.5. The quantitative estimate of drug-likeness (QED) is 0.823. The molecule has 1 aromatic rings. The highest BCUT2D eigenvalue weighted by molar-refractivity contribution is 5.94. The maximum Gasteiger partial charge on any atom is 0.250 e. The first-order chi connectivity index (χ1) is 12.2. The second-order valence-electron chi connectivity index (χ2n) is 7.38. The number of methoxy groups -OCH3 is 1. The average molecular weight is 344 g/mol. The van der Waals surface area contributed by atoms with E-state index in [0.29, 0.717) is 23.8 Å². The zero-order chi connectivity index (χ0) is 17.4. The average Bonchev–Trinajstić information content (AvgIpc) is 3.46. The van der Waals surface area contributed by atoms with Gasteiger partial charge in [0.25, 0.3) is 0 Å². The Morgan fingerprint density at radius 1 is 1.36 bits per heavy atom. The SMILES string of the molecule is COc1ccc(F)c(CN(C(=O)C2=CCN3CCCC2C3)C2CC2)c1. The highest BCUT2D eigenvalue weighted by Gasteiger charge is 2.38. The first kappa shape index (κ1) is 16.6. The minimum Gasteiger partial charge on any atom is -0.497 e. The van der Waals surface area contributed by atoms with Gasteiger partial charge in [0, 0.05) is 42.7 Å². The third-order valence-electron chi connectivity index (χ3n) is 5.60. The molecule has 1 saturated heterocycles. The lowest BCUT2D eigenvalue weighted by Crippen LogP contribution is -2.44. The lowest BCUT2D eigenvalue weighted by Gasteiger charge is -2.38. The summed E-state index contributed by atoms with van der Waals surface area (Å²) < 4.78 is 19.5. The van der Waals surface area contributed by atoms with Crippen LogP contribution in [0.4, 0.5) is 4.39 Å². The maximum absolute atomic E-state index is 14.2. The van der Waals surface area contributed by atoms with E-state index < -0.39 is 0 Å². The molecule has 134 valence electrons. The summed E-state index contributed by atoms with van der Waals surface area (Å²) in [6.07, 6.45) is 6.37. The number of piperidine rings is 1. The van der Waals surface area contributed by atoms with Crippen molar-refractivity contribution in [2.45, 2.75) is 38.3 Å². The Balaban J connectivity index is 1.56.